The summed E-state index contributed by atoms with van der Waals surface area (Å²) in [6, 6.07) is 0.440. The van der Waals surface area contributed by atoms with Crippen LogP contribution in [-0.2, 0) is 4.79 Å². The summed E-state index contributed by atoms with van der Waals surface area (Å²) in [5.41, 5.74) is 5.56. The van der Waals surface area contributed by atoms with E-state index in [2.05, 4.69) is 22.2 Å². The first-order chi connectivity index (χ1) is 7.72. The molecule has 0 spiro atoms. The van der Waals surface area contributed by atoms with Gasteiger partial charge in [-0.2, -0.15) is 0 Å². The van der Waals surface area contributed by atoms with Crippen molar-refractivity contribution in [3.63, 3.8) is 0 Å². The Bertz CT molecular complexity index is 271. The van der Waals surface area contributed by atoms with Gasteiger partial charge in [0.05, 0.1) is 0 Å². The number of amides is 1. The molecular weight excluding hydrogens is 204 g/mol. The number of aliphatic imine (C=N–C) groups is 1. The van der Waals surface area contributed by atoms with Gasteiger partial charge in [0.1, 0.15) is 0 Å². The molecule has 0 aliphatic heterocycles. The molecule has 5 heteroatoms. The van der Waals surface area contributed by atoms with Crippen molar-refractivity contribution in [1.82, 2.24) is 10.6 Å². The van der Waals surface area contributed by atoms with Crippen molar-refractivity contribution in [2.45, 2.75) is 31.7 Å². The zero-order chi connectivity index (χ0) is 11.8. The van der Waals surface area contributed by atoms with Crippen molar-refractivity contribution in [2.24, 2.45) is 10.7 Å². The van der Waals surface area contributed by atoms with Crippen LogP contribution in [0.25, 0.3) is 0 Å². The summed E-state index contributed by atoms with van der Waals surface area (Å²) in [4.78, 5) is 15.4. The Morgan fingerprint density at radius 2 is 2.31 bits per heavy atom. The van der Waals surface area contributed by atoms with Gasteiger partial charge < -0.3 is 16.4 Å². The summed E-state index contributed by atoms with van der Waals surface area (Å²) in [7, 11) is 0. The Morgan fingerprint density at radius 1 is 1.56 bits per heavy atom. The number of nitrogens with zero attached hydrogens (tertiary/aromatic N) is 1. The topological polar surface area (TPSA) is 79.5 Å². The smallest absolute Gasteiger partial charge is 0.220 e. The van der Waals surface area contributed by atoms with Gasteiger partial charge in [0.25, 0.3) is 0 Å². The van der Waals surface area contributed by atoms with Gasteiger partial charge in [0.2, 0.25) is 5.91 Å². The molecule has 0 heterocycles. The molecular formula is C11H20N4O. The summed E-state index contributed by atoms with van der Waals surface area (Å²) in [5.74, 6) is 0.526. The zero-order valence-corrected chi connectivity index (χ0v) is 9.54. The Morgan fingerprint density at radius 3 is 2.94 bits per heavy atom. The minimum atomic E-state index is 0.121. The first kappa shape index (κ1) is 12.5. The highest BCUT2D eigenvalue weighted by atomic mass is 16.1. The van der Waals surface area contributed by atoms with Crippen LogP contribution in [0.3, 0.4) is 0 Å². The molecule has 1 amide bonds. The van der Waals surface area contributed by atoms with Crippen molar-refractivity contribution in [3.8, 4) is 0 Å². The summed E-state index contributed by atoms with van der Waals surface area (Å²) in [6.45, 7) is 4.75. The first-order valence-corrected chi connectivity index (χ1v) is 5.66. The standard InChI is InChI=1S/C11H20N4O/c1-2-7-13-11(12)14-8-3-4-10(16)15-9-5-6-9/h2,9H,1,3-8H2,(H,15,16)(H3,12,13,14). The second-order valence-electron chi connectivity index (χ2n) is 3.88. The van der Waals surface area contributed by atoms with Crippen LogP contribution in [0.15, 0.2) is 17.6 Å². The van der Waals surface area contributed by atoms with E-state index in [-0.39, 0.29) is 5.91 Å². The number of guanidine groups is 1. The fraction of sp³-hybridized carbons (Fsp3) is 0.636. The quantitative estimate of drug-likeness (QED) is 0.249. The molecule has 1 fully saturated rings. The van der Waals surface area contributed by atoms with Gasteiger partial charge in [-0.05, 0) is 19.3 Å². The highest BCUT2D eigenvalue weighted by Gasteiger charge is 2.22. The SMILES string of the molecule is C=CCNC(N)=NCCCC(=O)NC1CC1. The molecule has 1 aliphatic carbocycles. The highest BCUT2D eigenvalue weighted by molar-refractivity contribution is 5.78. The molecule has 0 unspecified atom stereocenters. The molecule has 16 heavy (non-hydrogen) atoms. The van der Waals surface area contributed by atoms with Crippen LogP contribution >= 0.6 is 0 Å². The zero-order valence-electron chi connectivity index (χ0n) is 9.54. The van der Waals surface area contributed by atoms with E-state index in [1.165, 1.54) is 0 Å². The number of hydrogen-bond acceptors (Lipinski definition) is 2. The highest BCUT2D eigenvalue weighted by Crippen LogP contribution is 2.18. The van der Waals surface area contributed by atoms with Gasteiger partial charge in [-0.15, -0.1) is 6.58 Å². The van der Waals surface area contributed by atoms with Crippen molar-refractivity contribution in [1.29, 1.82) is 0 Å². The third-order valence-corrected chi connectivity index (χ3v) is 2.21. The van der Waals surface area contributed by atoms with Gasteiger partial charge >= 0.3 is 0 Å². The molecule has 0 bridgehead atoms. The van der Waals surface area contributed by atoms with Crippen LogP contribution in [0, 0.1) is 0 Å². The summed E-state index contributed by atoms with van der Waals surface area (Å²) in [5, 5.41) is 5.80. The van der Waals surface area contributed by atoms with Crippen molar-refractivity contribution in [3.05, 3.63) is 12.7 Å². The van der Waals surface area contributed by atoms with E-state index in [9.17, 15) is 4.79 Å². The van der Waals surface area contributed by atoms with E-state index in [4.69, 9.17) is 5.73 Å². The monoisotopic (exact) mass is 224 g/mol. The predicted molar refractivity (Wildman–Crippen MR) is 65.1 cm³/mol. The molecule has 5 nitrogen and oxygen atoms in total. The maximum absolute atomic E-state index is 11.3. The molecule has 90 valence electrons. The number of rotatable bonds is 7. The number of hydrogen-bond donors (Lipinski definition) is 3. The van der Waals surface area contributed by atoms with Crippen molar-refractivity contribution < 1.29 is 4.79 Å². The maximum atomic E-state index is 11.3. The lowest BCUT2D eigenvalue weighted by atomic mass is 10.3. The second kappa shape index (κ2) is 6.87. The summed E-state index contributed by atoms with van der Waals surface area (Å²) in [6.07, 6.45) is 5.22. The van der Waals surface area contributed by atoms with E-state index in [1.54, 1.807) is 6.08 Å². The molecule has 0 aromatic heterocycles. The van der Waals surface area contributed by atoms with E-state index in [0.717, 1.165) is 19.3 Å². The predicted octanol–water partition coefficient (Wildman–Crippen LogP) is 0.136. The summed E-state index contributed by atoms with van der Waals surface area (Å²) < 4.78 is 0. The number of nitrogens with two attached hydrogens (primary N) is 1. The van der Waals surface area contributed by atoms with Gasteiger partial charge in [-0.3, -0.25) is 9.79 Å². The lowest BCUT2D eigenvalue weighted by Gasteiger charge is -2.03. The van der Waals surface area contributed by atoms with Gasteiger partial charge in [-0.1, -0.05) is 6.08 Å². The average molecular weight is 224 g/mol. The van der Waals surface area contributed by atoms with Crippen LogP contribution in [0.5, 0.6) is 0 Å². The molecule has 0 saturated heterocycles. The van der Waals surface area contributed by atoms with Gasteiger partial charge in [0.15, 0.2) is 5.96 Å². The Balaban J connectivity index is 2.00. The molecule has 0 aromatic carbocycles. The van der Waals surface area contributed by atoms with Gasteiger partial charge in [-0.25, -0.2) is 0 Å². The largest absolute Gasteiger partial charge is 0.370 e. The van der Waals surface area contributed by atoms with E-state index < -0.39 is 0 Å². The Hall–Kier alpha value is -1.52. The van der Waals surface area contributed by atoms with Crippen LogP contribution in [0.1, 0.15) is 25.7 Å². The van der Waals surface area contributed by atoms with Crippen molar-refractivity contribution in [2.75, 3.05) is 13.1 Å². The second-order valence-corrected chi connectivity index (χ2v) is 3.88. The lowest BCUT2D eigenvalue weighted by Crippen LogP contribution is -2.31. The molecule has 1 aliphatic rings. The molecule has 1 saturated carbocycles. The Kier molecular flexibility index (Phi) is 5.39. The molecule has 0 atom stereocenters. The minimum absolute atomic E-state index is 0.121. The number of carbonyl (C=O) groups excluding carboxylic acids is 1. The average Bonchev–Trinajstić information content (AvgIpc) is 3.05. The third kappa shape index (κ3) is 6.06. The third-order valence-electron chi connectivity index (χ3n) is 2.21. The molecule has 0 aromatic rings. The maximum Gasteiger partial charge on any atom is 0.220 e. The van der Waals surface area contributed by atoms with Crippen molar-refractivity contribution >= 4 is 11.9 Å². The fourth-order valence-corrected chi connectivity index (χ4v) is 1.20. The molecule has 4 N–H and O–H groups in total. The van der Waals surface area contributed by atoms with E-state index in [1.807, 2.05) is 0 Å². The van der Waals surface area contributed by atoms with Crippen LogP contribution in [-0.4, -0.2) is 31.0 Å². The van der Waals surface area contributed by atoms with E-state index in [0.29, 0.717) is 31.5 Å². The van der Waals surface area contributed by atoms with Crippen LogP contribution in [0.4, 0.5) is 0 Å². The molecule has 1 rings (SSSR count). The normalized spacial score (nSPS) is 15.6. The van der Waals surface area contributed by atoms with Crippen LogP contribution < -0.4 is 16.4 Å². The number of carbonyl (C=O) groups is 1. The summed E-state index contributed by atoms with van der Waals surface area (Å²) >= 11 is 0. The lowest BCUT2D eigenvalue weighted by molar-refractivity contribution is -0.121. The van der Waals surface area contributed by atoms with Gasteiger partial charge in [0, 0.05) is 25.6 Å². The van der Waals surface area contributed by atoms with Crippen LogP contribution in [0.2, 0.25) is 0 Å². The number of nitrogens with one attached hydrogen (secondary N) is 2. The first-order valence-electron chi connectivity index (χ1n) is 5.66. The molecule has 0 radical (unpaired) electrons. The van der Waals surface area contributed by atoms with E-state index >= 15 is 0 Å². The fourth-order valence-electron chi connectivity index (χ4n) is 1.20. The minimum Gasteiger partial charge on any atom is -0.370 e. The Labute approximate surface area is 96.2 Å².